The highest BCUT2D eigenvalue weighted by atomic mass is 19.4. The minimum atomic E-state index is -4.84. The first-order chi connectivity index (χ1) is 7.81. The van der Waals surface area contributed by atoms with Crippen molar-refractivity contribution >= 4 is 12.3 Å². The lowest BCUT2D eigenvalue weighted by Gasteiger charge is -2.10. The van der Waals surface area contributed by atoms with Crippen LogP contribution in [0.1, 0.15) is 17.3 Å². The first kappa shape index (κ1) is 13.0. The quantitative estimate of drug-likeness (QED) is 0.468. The predicted molar refractivity (Wildman–Crippen MR) is 49.8 cm³/mol. The predicted octanol–water partition coefficient (Wildman–Crippen LogP) is 2.32. The number of alkyl halides is 3. The number of rotatable bonds is 3. The van der Waals surface area contributed by atoms with E-state index in [0.29, 0.717) is 0 Å². The molecule has 0 saturated carbocycles. The van der Waals surface area contributed by atoms with E-state index in [0.717, 1.165) is 25.1 Å². The molecule has 92 valence electrons. The van der Waals surface area contributed by atoms with Crippen LogP contribution in [0.4, 0.5) is 13.2 Å². The molecular weight excluding hydrogens is 241 g/mol. The lowest BCUT2D eigenvalue weighted by Crippen LogP contribution is -2.17. The van der Waals surface area contributed by atoms with Crippen molar-refractivity contribution in [3.8, 4) is 11.5 Å². The number of esters is 1. The molecule has 4 nitrogen and oxygen atoms in total. The van der Waals surface area contributed by atoms with Crippen molar-refractivity contribution in [2.24, 2.45) is 0 Å². The van der Waals surface area contributed by atoms with Gasteiger partial charge in [0, 0.05) is 6.92 Å². The number of halogens is 3. The Hall–Kier alpha value is -2.05. The second kappa shape index (κ2) is 4.86. The van der Waals surface area contributed by atoms with Gasteiger partial charge in [0.2, 0.25) is 0 Å². The Labute approximate surface area is 93.9 Å². The fraction of sp³-hybridized carbons (Fsp3) is 0.200. The van der Waals surface area contributed by atoms with Crippen molar-refractivity contribution in [3.05, 3.63) is 23.8 Å². The maximum Gasteiger partial charge on any atom is 0.573 e. The van der Waals surface area contributed by atoms with Gasteiger partial charge in [-0.05, 0) is 18.2 Å². The highest BCUT2D eigenvalue weighted by Gasteiger charge is 2.31. The Kier molecular flexibility index (Phi) is 3.72. The first-order valence-electron chi connectivity index (χ1n) is 4.35. The summed E-state index contributed by atoms with van der Waals surface area (Å²) in [6, 6.07) is 2.82. The molecule has 0 fully saturated rings. The lowest BCUT2D eigenvalue weighted by atomic mass is 10.2. The molecule has 0 bridgehead atoms. The lowest BCUT2D eigenvalue weighted by molar-refractivity contribution is -0.274. The Morgan fingerprint density at radius 2 is 2.00 bits per heavy atom. The van der Waals surface area contributed by atoms with Crippen molar-refractivity contribution < 1.29 is 32.2 Å². The van der Waals surface area contributed by atoms with Gasteiger partial charge in [-0.25, -0.2) is 0 Å². The molecule has 17 heavy (non-hydrogen) atoms. The van der Waals surface area contributed by atoms with Crippen LogP contribution >= 0.6 is 0 Å². The number of benzene rings is 1. The van der Waals surface area contributed by atoms with Crippen LogP contribution in [-0.4, -0.2) is 18.6 Å². The smallest absolute Gasteiger partial charge is 0.426 e. The molecule has 0 unspecified atom stereocenters. The van der Waals surface area contributed by atoms with Crippen molar-refractivity contribution in [2.45, 2.75) is 13.3 Å². The van der Waals surface area contributed by atoms with Crippen molar-refractivity contribution in [1.82, 2.24) is 0 Å². The zero-order valence-corrected chi connectivity index (χ0v) is 8.58. The molecular formula is C10H7F3O4. The minimum absolute atomic E-state index is 0.123. The van der Waals surface area contributed by atoms with E-state index in [2.05, 4.69) is 9.47 Å². The summed E-state index contributed by atoms with van der Waals surface area (Å²) in [4.78, 5) is 21.2. The number of carbonyl (C=O) groups excluding carboxylic acids is 2. The molecule has 1 rings (SSSR count). The van der Waals surface area contributed by atoms with Gasteiger partial charge in [0.05, 0.1) is 5.56 Å². The van der Waals surface area contributed by atoms with E-state index in [1.807, 2.05) is 0 Å². The average Bonchev–Trinajstić information content (AvgIpc) is 2.17. The van der Waals surface area contributed by atoms with E-state index >= 15 is 0 Å². The highest BCUT2D eigenvalue weighted by Crippen LogP contribution is 2.27. The normalized spacial score (nSPS) is 10.8. The standard InChI is InChI=1S/C10H7F3O4/c1-6(15)16-9-3-2-8(4-7(9)5-14)17-10(11,12)13/h2-5H,1H3. The molecule has 0 aliphatic heterocycles. The molecule has 0 radical (unpaired) electrons. The number of carbonyl (C=O) groups is 2. The molecule has 0 aliphatic rings. The summed E-state index contributed by atoms with van der Waals surface area (Å²) in [7, 11) is 0. The summed E-state index contributed by atoms with van der Waals surface area (Å²) in [6.45, 7) is 1.11. The Balaban J connectivity index is 3.00. The Bertz CT molecular complexity index is 440. The summed E-state index contributed by atoms with van der Waals surface area (Å²) >= 11 is 0. The van der Waals surface area contributed by atoms with Crippen LogP contribution in [0.5, 0.6) is 11.5 Å². The second-order valence-corrected chi connectivity index (χ2v) is 2.96. The monoisotopic (exact) mass is 248 g/mol. The fourth-order valence-electron chi connectivity index (χ4n) is 1.06. The van der Waals surface area contributed by atoms with Gasteiger partial charge in [-0.15, -0.1) is 13.2 Å². The van der Waals surface area contributed by atoms with Crippen LogP contribution < -0.4 is 9.47 Å². The average molecular weight is 248 g/mol. The van der Waals surface area contributed by atoms with Crippen LogP contribution in [0.2, 0.25) is 0 Å². The number of aldehydes is 1. The van der Waals surface area contributed by atoms with Crippen molar-refractivity contribution in [3.63, 3.8) is 0 Å². The number of hydrogen-bond donors (Lipinski definition) is 0. The van der Waals surface area contributed by atoms with Crippen molar-refractivity contribution in [1.29, 1.82) is 0 Å². The SMILES string of the molecule is CC(=O)Oc1ccc(OC(F)(F)F)cc1C=O. The molecule has 7 heteroatoms. The van der Waals surface area contributed by atoms with Crippen LogP contribution in [0, 0.1) is 0 Å². The van der Waals surface area contributed by atoms with E-state index in [1.165, 1.54) is 0 Å². The van der Waals surface area contributed by atoms with Gasteiger partial charge in [-0.3, -0.25) is 9.59 Å². The van der Waals surface area contributed by atoms with E-state index in [4.69, 9.17) is 0 Å². The minimum Gasteiger partial charge on any atom is -0.426 e. The van der Waals surface area contributed by atoms with Gasteiger partial charge in [0.15, 0.2) is 6.29 Å². The first-order valence-corrected chi connectivity index (χ1v) is 4.35. The van der Waals surface area contributed by atoms with Crippen molar-refractivity contribution in [2.75, 3.05) is 0 Å². The molecule has 0 amide bonds. The van der Waals surface area contributed by atoms with Crippen LogP contribution in [0.25, 0.3) is 0 Å². The second-order valence-electron chi connectivity index (χ2n) is 2.96. The fourth-order valence-corrected chi connectivity index (χ4v) is 1.06. The summed E-state index contributed by atoms with van der Waals surface area (Å²) in [5, 5.41) is 0. The van der Waals surface area contributed by atoms with E-state index in [9.17, 15) is 22.8 Å². The molecule has 1 aromatic carbocycles. The zero-order chi connectivity index (χ0) is 13.1. The van der Waals surface area contributed by atoms with Gasteiger partial charge in [-0.1, -0.05) is 0 Å². The van der Waals surface area contributed by atoms with Gasteiger partial charge >= 0.3 is 12.3 Å². The van der Waals surface area contributed by atoms with E-state index < -0.39 is 18.1 Å². The molecule has 0 saturated heterocycles. The van der Waals surface area contributed by atoms with Gasteiger partial charge < -0.3 is 9.47 Å². The third kappa shape index (κ3) is 4.13. The molecule has 0 aliphatic carbocycles. The van der Waals surface area contributed by atoms with E-state index in [1.54, 1.807) is 0 Å². The third-order valence-electron chi connectivity index (χ3n) is 1.60. The summed E-state index contributed by atoms with van der Waals surface area (Å²) in [5.41, 5.74) is -0.207. The molecule has 1 aromatic rings. The maximum absolute atomic E-state index is 11.9. The molecule has 0 atom stereocenters. The maximum atomic E-state index is 11.9. The van der Waals surface area contributed by atoms with Gasteiger partial charge in [0.25, 0.3) is 0 Å². The topological polar surface area (TPSA) is 52.6 Å². The number of hydrogen-bond acceptors (Lipinski definition) is 4. The zero-order valence-electron chi connectivity index (χ0n) is 8.58. The largest absolute Gasteiger partial charge is 0.573 e. The summed E-state index contributed by atoms with van der Waals surface area (Å²) in [6.07, 6.45) is -4.58. The number of ether oxygens (including phenoxy) is 2. The Morgan fingerprint density at radius 1 is 1.35 bits per heavy atom. The summed E-state index contributed by atoms with van der Waals surface area (Å²) in [5.74, 6) is -1.37. The van der Waals surface area contributed by atoms with Crippen LogP contribution in [0.15, 0.2) is 18.2 Å². The van der Waals surface area contributed by atoms with Crippen LogP contribution in [0.3, 0.4) is 0 Å². The van der Waals surface area contributed by atoms with E-state index in [-0.39, 0.29) is 17.6 Å². The molecule has 0 aromatic heterocycles. The van der Waals surface area contributed by atoms with Crippen LogP contribution in [-0.2, 0) is 4.79 Å². The molecule has 0 N–H and O–H groups in total. The highest BCUT2D eigenvalue weighted by molar-refractivity contribution is 5.82. The van der Waals surface area contributed by atoms with Gasteiger partial charge in [-0.2, -0.15) is 0 Å². The summed E-state index contributed by atoms with van der Waals surface area (Å²) < 4.78 is 43.9. The Morgan fingerprint density at radius 3 is 2.47 bits per heavy atom. The molecule has 0 heterocycles. The van der Waals surface area contributed by atoms with Gasteiger partial charge in [0.1, 0.15) is 11.5 Å². The molecule has 0 spiro atoms. The third-order valence-corrected chi connectivity index (χ3v) is 1.60.